The van der Waals surface area contributed by atoms with Gasteiger partial charge in [0.25, 0.3) is 16.0 Å². The summed E-state index contributed by atoms with van der Waals surface area (Å²) in [5.74, 6) is -0.899. The van der Waals surface area contributed by atoms with Gasteiger partial charge in [0.15, 0.2) is 11.5 Å². The van der Waals surface area contributed by atoms with Crippen LogP contribution in [0.1, 0.15) is 28.4 Å². The molecule has 10 heteroatoms. The van der Waals surface area contributed by atoms with Crippen LogP contribution < -0.4 is 5.73 Å². The molecule has 0 aromatic heterocycles. The maximum absolute atomic E-state index is 13.6. The number of ether oxygens (including phenoxy) is 1. The minimum Gasteiger partial charge on any atom is -0.376 e. The highest BCUT2D eigenvalue weighted by Crippen LogP contribution is 2.41. The Labute approximate surface area is 209 Å². The average Bonchev–Trinajstić information content (AvgIpc) is 3.11. The van der Waals surface area contributed by atoms with Crippen LogP contribution in [-0.2, 0) is 25.2 Å². The molecule has 3 aromatic carbocycles. The molecule has 184 valence electrons. The quantitative estimate of drug-likeness (QED) is 0.470. The first-order valence-corrected chi connectivity index (χ1v) is 12.5. The lowest BCUT2D eigenvalue weighted by atomic mass is 9.81. The van der Waals surface area contributed by atoms with Gasteiger partial charge in [-0.15, -0.1) is 0 Å². The minimum atomic E-state index is -4.27. The number of carbonyl (C=O) groups excluding carboxylic acids is 1. The molecule has 9 nitrogen and oxygen atoms in total. The molecule has 0 bridgehead atoms. The Morgan fingerprint density at radius 2 is 1.72 bits per heavy atom. The van der Waals surface area contributed by atoms with E-state index in [9.17, 15) is 23.0 Å². The summed E-state index contributed by atoms with van der Waals surface area (Å²) in [6, 6.07) is 23.2. The fourth-order valence-electron chi connectivity index (χ4n) is 4.31. The van der Waals surface area contributed by atoms with Gasteiger partial charge in [0.2, 0.25) is 0 Å². The van der Waals surface area contributed by atoms with Gasteiger partial charge >= 0.3 is 0 Å². The summed E-state index contributed by atoms with van der Waals surface area (Å²) < 4.78 is 37.2. The number of benzene rings is 3. The van der Waals surface area contributed by atoms with Gasteiger partial charge in [-0.2, -0.15) is 13.7 Å². The van der Waals surface area contributed by atoms with E-state index in [1.807, 2.05) is 24.3 Å². The Morgan fingerprint density at radius 1 is 1.08 bits per heavy atom. The third kappa shape index (κ3) is 4.59. The molecule has 4 rings (SSSR count). The molecule has 0 spiro atoms. The molecule has 1 heterocycles. The van der Waals surface area contributed by atoms with Crippen LogP contribution in [-0.4, -0.2) is 49.6 Å². The van der Waals surface area contributed by atoms with E-state index in [-0.39, 0.29) is 11.9 Å². The topological polar surface area (TPSA) is 146 Å². The summed E-state index contributed by atoms with van der Waals surface area (Å²) in [7, 11) is -1.38. The number of likely N-dealkylation sites (N-methyl/N-ethyl adjacent to an activating group) is 1. The zero-order chi connectivity index (χ0) is 26.1. The number of amides is 1. The first kappa shape index (κ1) is 25.1. The maximum Gasteiger partial charge on any atom is 0.267 e. The fraction of sp³-hybridized carbons (Fsp3) is 0.192. The Hall–Kier alpha value is -4.04. The molecular weight excluding hydrogens is 480 g/mol. The second-order valence-electron chi connectivity index (χ2n) is 8.41. The number of rotatable bonds is 7. The molecule has 0 fully saturated rings. The zero-order valence-corrected chi connectivity index (χ0v) is 20.4. The van der Waals surface area contributed by atoms with Crippen molar-refractivity contribution < 1.29 is 22.5 Å². The predicted octanol–water partition coefficient (Wildman–Crippen LogP) is 2.83. The molecule has 0 radical (unpaired) electrons. The molecular formula is C26H24N4O5S. The van der Waals surface area contributed by atoms with E-state index in [4.69, 9.17) is 10.5 Å². The van der Waals surface area contributed by atoms with Gasteiger partial charge in [-0.05, 0) is 46.0 Å². The van der Waals surface area contributed by atoms with Gasteiger partial charge in [0, 0.05) is 14.2 Å². The van der Waals surface area contributed by atoms with E-state index in [0.717, 1.165) is 11.1 Å². The van der Waals surface area contributed by atoms with Crippen LogP contribution in [0.3, 0.4) is 0 Å². The van der Waals surface area contributed by atoms with Crippen molar-refractivity contribution in [3.05, 3.63) is 95.1 Å². The van der Waals surface area contributed by atoms with Crippen molar-refractivity contribution in [1.29, 1.82) is 5.26 Å². The molecule has 0 saturated heterocycles. The van der Waals surface area contributed by atoms with E-state index in [1.54, 1.807) is 55.6 Å². The van der Waals surface area contributed by atoms with Crippen molar-refractivity contribution in [3.8, 4) is 17.2 Å². The SMILES string of the molecule is COC(CS(=O)(=O)O)c1ccc(C2(c3cccc(-c4cccc(C#N)c4)c3)N=C(N)N(C)C2=O)cc1. The van der Waals surface area contributed by atoms with Crippen molar-refractivity contribution >= 4 is 22.0 Å². The summed E-state index contributed by atoms with van der Waals surface area (Å²) in [6.07, 6.45) is -0.892. The first-order chi connectivity index (χ1) is 17.1. The van der Waals surface area contributed by atoms with Crippen LogP contribution in [0.2, 0.25) is 0 Å². The Kier molecular flexibility index (Phi) is 6.65. The number of methoxy groups -OCH3 is 1. The predicted molar refractivity (Wildman–Crippen MR) is 134 cm³/mol. The van der Waals surface area contributed by atoms with Gasteiger partial charge in [-0.3, -0.25) is 14.2 Å². The molecule has 2 atom stereocenters. The number of hydrogen-bond acceptors (Lipinski definition) is 7. The average molecular weight is 505 g/mol. The lowest BCUT2D eigenvalue weighted by Gasteiger charge is -2.27. The van der Waals surface area contributed by atoms with Gasteiger partial charge < -0.3 is 10.5 Å². The second-order valence-corrected chi connectivity index (χ2v) is 9.91. The fourth-order valence-corrected chi connectivity index (χ4v) is 5.02. The Bertz CT molecular complexity index is 1500. The summed E-state index contributed by atoms with van der Waals surface area (Å²) >= 11 is 0. The molecule has 36 heavy (non-hydrogen) atoms. The summed E-state index contributed by atoms with van der Waals surface area (Å²) in [6.45, 7) is 0. The summed E-state index contributed by atoms with van der Waals surface area (Å²) in [4.78, 5) is 19.5. The van der Waals surface area contributed by atoms with E-state index >= 15 is 0 Å². The lowest BCUT2D eigenvalue weighted by Crippen LogP contribution is -2.41. The minimum absolute atomic E-state index is 0.0575. The largest absolute Gasteiger partial charge is 0.376 e. The van der Waals surface area contributed by atoms with Gasteiger partial charge in [0.1, 0.15) is 5.75 Å². The first-order valence-electron chi connectivity index (χ1n) is 10.9. The monoisotopic (exact) mass is 504 g/mol. The van der Waals surface area contributed by atoms with Crippen molar-refractivity contribution in [3.63, 3.8) is 0 Å². The van der Waals surface area contributed by atoms with Crippen molar-refractivity contribution in [2.45, 2.75) is 11.6 Å². The molecule has 1 aliphatic heterocycles. The summed E-state index contributed by atoms with van der Waals surface area (Å²) in [5, 5.41) is 9.27. The standard InChI is InChI=1S/C26H24N4O5S/c1-30-24(31)26(29-25(30)28,21-11-9-18(10-12-21)23(35-2)16-36(32,33)34)22-8-4-7-20(14-22)19-6-3-5-17(13-19)15-27/h3-14,23H,16H2,1-2H3,(H2,28,29)(H,32,33,34). The van der Waals surface area contributed by atoms with Gasteiger partial charge in [0.05, 0.1) is 17.7 Å². The van der Waals surface area contributed by atoms with Crippen LogP contribution in [0.5, 0.6) is 0 Å². The van der Waals surface area contributed by atoms with Crippen LogP contribution in [0.25, 0.3) is 11.1 Å². The third-order valence-corrected chi connectivity index (χ3v) is 6.92. The number of nitrogens with two attached hydrogens (primary N) is 1. The van der Waals surface area contributed by atoms with Crippen molar-refractivity contribution in [2.75, 3.05) is 19.9 Å². The van der Waals surface area contributed by atoms with E-state index in [1.165, 1.54) is 12.0 Å². The third-order valence-electron chi connectivity index (χ3n) is 6.19. The zero-order valence-electron chi connectivity index (χ0n) is 19.6. The number of guanidine groups is 1. The van der Waals surface area contributed by atoms with Crippen LogP contribution in [0, 0.1) is 11.3 Å². The van der Waals surface area contributed by atoms with Crippen LogP contribution in [0.15, 0.2) is 77.8 Å². The van der Waals surface area contributed by atoms with Gasteiger partial charge in [-0.25, -0.2) is 4.99 Å². The van der Waals surface area contributed by atoms with Crippen molar-refractivity contribution in [1.82, 2.24) is 4.90 Å². The van der Waals surface area contributed by atoms with Crippen LogP contribution in [0.4, 0.5) is 0 Å². The molecule has 0 aliphatic carbocycles. The maximum atomic E-state index is 13.6. The van der Waals surface area contributed by atoms with E-state index < -0.39 is 27.5 Å². The number of carbonyl (C=O) groups is 1. The van der Waals surface area contributed by atoms with Gasteiger partial charge in [-0.1, -0.05) is 54.6 Å². The normalized spacial score (nSPS) is 18.6. The lowest BCUT2D eigenvalue weighted by molar-refractivity contribution is -0.129. The smallest absolute Gasteiger partial charge is 0.267 e. The number of nitrogens with zero attached hydrogens (tertiary/aromatic N) is 3. The molecule has 2 unspecified atom stereocenters. The Morgan fingerprint density at radius 3 is 2.28 bits per heavy atom. The molecule has 3 aromatic rings. The van der Waals surface area contributed by atoms with Crippen molar-refractivity contribution in [2.24, 2.45) is 10.7 Å². The highest BCUT2D eigenvalue weighted by molar-refractivity contribution is 7.85. The highest BCUT2D eigenvalue weighted by Gasteiger charge is 2.49. The van der Waals surface area contributed by atoms with Crippen LogP contribution >= 0.6 is 0 Å². The van der Waals surface area contributed by atoms with E-state index in [2.05, 4.69) is 11.1 Å². The molecule has 3 N–H and O–H groups in total. The number of aliphatic imine (C=N–C) groups is 1. The summed E-state index contributed by atoms with van der Waals surface area (Å²) in [5.41, 5.74) is 8.34. The molecule has 0 saturated carbocycles. The highest BCUT2D eigenvalue weighted by atomic mass is 32.2. The van der Waals surface area contributed by atoms with E-state index in [0.29, 0.717) is 22.3 Å². The Balaban J connectivity index is 1.83. The number of nitriles is 1. The second kappa shape index (κ2) is 9.54. The molecule has 1 amide bonds. The molecule has 1 aliphatic rings. The number of hydrogen-bond donors (Lipinski definition) is 2.